The van der Waals surface area contributed by atoms with E-state index >= 15 is 0 Å². The Bertz CT molecular complexity index is 1310. The van der Waals surface area contributed by atoms with Crippen LogP contribution in [0.4, 0.5) is 10.5 Å². The van der Waals surface area contributed by atoms with Gasteiger partial charge in [-0.05, 0) is 23.8 Å². The van der Waals surface area contributed by atoms with Crippen molar-refractivity contribution in [1.82, 2.24) is 10.2 Å². The van der Waals surface area contributed by atoms with Crippen LogP contribution in [-0.2, 0) is 14.6 Å². The molecular formula is C26H27N3O4S. The van der Waals surface area contributed by atoms with Crippen LogP contribution in [0.15, 0.2) is 82.6 Å². The maximum Gasteiger partial charge on any atom is 0.319 e. The molecule has 1 fully saturated rings. The Labute approximate surface area is 199 Å². The molecule has 2 amide bonds. The van der Waals surface area contributed by atoms with Crippen LogP contribution in [0.3, 0.4) is 0 Å². The molecule has 0 spiro atoms. The van der Waals surface area contributed by atoms with Crippen LogP contribution in [0.1, 0.15) is 11.5 Å². The highest BCUT2D eigenvalue weighted by Crippen LogP contribution is 2.46. The lowest BCUT2D eigenvalue weighted by atomic mass is 9.94. The number of urea groups is 1. The van der Waals surface area contributed by atoms with Crippen molar-refractivity contribution in [2.75, 3.05) is 38.7 Å². The Balaban J connectivity index is 1.38. The van der Waals surface area contributed by atoms with Crippen LogP contribution in [0.2, 0.25) is 0 Å². The molecule has 3 aromatic carbocycles. The lowest BCUT2D eigenvalue weighted by Crippen LogP contribution is -2.42. The van der Waals surface area contributed by atoms with Gasteiger partial charge in [0, 0.05) is 43.8 Å². The minimum atomic E-state index is -3.60. The molecule has 34 heavy (non-hydrogen) atoms. The second kappa shape index (κ2) is 9.21. The summed E-state index contributed by atoms with van der Waals surface area (Å²) in [4.78, 5) is 15.9. The van der Waals surface area contributed by atoms with Crippen molar-refractivity contribution in [3.8, 4) is 11.1 Å². The third-order valence-electron chi connectivity index (χ3n) is 6.56. The Hall–Kier alpha value is -3.20. The number of carbonyl (C=O) groups excluding carboxylic acids is 1. The molecule has 0 unspecified atom stereocenters. The fourth-order valence-electron chi connectivity index (χ4n) is 4.96. The van der Waals surface area contributed by atoms with E-state index in [2.05, 4.69) is 27.7 Å². The fraction of sp³-hybridized carbons (Fsp3) is 0.269. The van der Waals surface area contributed by atoms with Crippen LogP contribution >= 0.6 is 0 Å². The topological polar surface area (TPSA) is 87.7 Å². The number of methoxy groups -OCH3 is 1. The lowest BCUT2D eigenvalue weighted by molar-refractivity contribution is 0.159. The summed E-state index contributed by atoms with van der Waals surface area (Å²) in [6.07, 6.45) is 0. The molecule has 3 aromatic rings. The standard InChI is InChI=1S/C26H27N3O4S/c1-33-15-14-29-16-20(18-8-3-2-4-9-18)22(17-29)28-26(30)27-21-11-7-13-24-25(21)19-10-5-6-12-23(19)34(24,31)32/h2-13,20,22H,14-17H2,1H3,(H2,27,28,30)/t20-,22+/m0/s1. The van der Waals surface area contributed by atoms with E-state index in [0.29, 0.717) is 30.0 Å². The maximum atomic E-state index is 13.1. The quantitative estimate of drug-likeness (QED) is 0.442. The van der Waals surface area contributed by atoms with Gasteiger partial charge in [0.25, 0.3) is 0 Å². The van der Waals surface area contributed by atoms with Gasteiger partial charge in [-0.15, -0.1) is 0 Å². The number of carbonyl (C=O) groups is 1. The van der Waals surface area contributed by atoms with E-state index in [1.165, 1.54) is 5.56 Å². The molecule has 8 heteroatoms. The maximum absolute atomic E-state index is 13.1. The van der Waals surface area contributed by atoms with Crippen molar-refractivity contribution in [1.29, 1.82) is 0 Å². The first-order valence-electron chi connectivity index (χ1n) is 11.3. The summed E-state index contributed by atoms with van der Waals surface area (Å²) >= 11 is 0. The van der Waals surface area contributed by atoms with Crippen LogP contribution in [0, 0.1) is 0 Å². The first-order valence-corrected chi connectivity index (χ1v) is 12.8. The molecule has 2 heterocycles. The summed E-state index contributed by atoms with van der Waals surface area (Å²) in [5.74, 6) is 0.145. The van der Waals surface area contributed by atoms with Crippen molar-refractivity contribution in [2.24, 2.45) is 0 Å². The number of hydrogen-bond donors (Lipinski definition) is 2. The molecule has 2 atom stereocenters. The number of benzene rings is 3. The fourth-order valence-corrected chi connectivity index (χ4v) is 6.66. The van der Waals surface area contributed by atoms with Crippen molar-refractivity contribution >= 4 is 21.6 Å². The third kappa shape index (κ3) is 4.09. The molecule has 7 nitrogen and oxygen atoms in total. The Kier molecular flexibility index (Phi) is 6.12. The largest absolute Gasteiger partial charge is 0.383 e. The van der Waals surface area contributed by atoms with Gasteiger partial charge in [-0.2, -0.15) is 0 Å². The Morgan fingerprint density at radius 2 is 1.71 bits per heavy atom. The number of fused-ring (bicyclic) bond motifs is 3. The summed E-state index contributed by atoms with van der Waals surface area (Å²) in [7, 11) is -1.91. The van der Waals surface area contributed by atoms with Gasteiger partial charge < -0.3 is 15.4 Å². The average Bonchev–Trinajstić information content (AvgIpc) is 3.35. The number of nitrogens with one attached hydrogen (secondary N) is 2. The van der Waals surface area contributed by atoms with Crippen LogP contribution in [-0.4, -0.2) is 58.7 Å². The minimum absolute atomic E-state index is 0.0907. The first-order chi connectivity index (χ1) is 16.5. The molecule has 1 saturated heterocycles. The molecule has 2 aliphatic rings. The van der Waals surface area contributed by atoms with E-state index in [1.807, 2.05) is 18.2 Å². The van der Waals surface area contributed by atoms with E-state index in [0.717, 1.165) is 13.1 Å². The van der Waals surface area contributed by atoms with Crippen LogP contribution in [0.25, 0.3) is 11.1 Å². The molecule has 2 aliphatic heterocycles. The zero-order valence-electron chi connectivity index (χ0n) is 18.9. The normalized spacial score (nSPS) is 20.5. The number of hydrogen-bond acceptors (Lipinski definition) is 5. The van der Waals surface area contributed by atoms with E-state index in [9.17, 15) is 13.2 Å². The highest BCUT2D eigenvalue weighted by atomic mass is 32.2. The molecule has 0 aliphatic carbocycles. The number of anilines is 1. The van der Waals surface area contributed by atoms with E-state index in [-0.39, 0.29) is 27.8 Å². The minimum Gasteiger partial charge on any atom is -0.383 e. The second-order valence-electron chi connectivity index (χ2n) is 8.65. The molecule has 5 rings (SSSR count). The Morgan fingerprint density at radius 1 is 0.971 bits per heavy atom. The predicted molar refractivity (Wildman–Crippen MR) is 131 cm³/mol. The van der Waals surface area contributed by atoms with Gasteiger partial charge in [0.15, 0.2) is 0 Å². The van der Waals surface area contributed by atoms with Crippen LogP contribution in [0.5, 0.6) is 0 Å². The lowest BCUT2D eigenvalue weighted by Gasteiger charge is -2.21. The molecular weight excluding hydrogens is 450 g/mol. The van der Waals surface area contributed by atoms with Gasteiger partial charge >= 0.3 is 6.03 Å². The summed E-state index contributed by atoms with van der Waals surface area (Å²) < 4.78 is 31.2. The summed E-state index contributed by atoms with van der Waals surface area (Å²) in [6.45, 7) is 2.95. The molecule has 0 saturated carbocycles. The highest BCUT2D eigenvalue weighted by molar-refractivity contribution is 7.92. The van der Waals surface area contributed by atoms with Crippen LogP contribution < -0.4 is 10.6 Å². The van der Waals surface area contributed by atoms with Gasteiger partial charge in [0.2, 0.25) is 9.84 Å². The van der Waals surface area contributed by atoms with Gasteiger partial charge in [-0.25, -0.2) is 13.2 Å². The third-order valence-corrected chi connectivity index (χ3v) is 8.42. The summed E-state index contributed by atoms with van der Waals surface area (Å²) in [6, 6.07) is 21.6. The van der Waals surface area contributed by atoms with Gasteiger partial charge in [-0.1, -0.05) is 54.6 Å². The van der Waals surface area contributed by atoms with E-state index in [4.69, 9.17) is 4.74 Å². The average molecular weight is 478 g/mol. The van der Waals surface area contributed by atoms with Crippen molar-refractivity contribution in [2.45, 2.75) is 21.8 Å². The molecule has 2 N–H and O–H groups in total. The molecule has 0 aromatic heterocycles. The van der Waals surface area contributed by atoms with E-state index < -0.39 is 9.84 Å². The number of ether oxygens (including phenoxy) is 1. The smallest absolute Gasteiger partial charge is 0.319 e. The van der Waals surface area contributed by atoms with Crippen molar-refractivity contribution in [3.05, 3.63) is 78.4 Å². The molecule has 0 radical (unpaired) electrons. The predicted octanol–water partition coefficient (Wildman–Crippen LogP) is 3.74. The number of amides is 2. The van der Waals surface area contributed by atoms with Crippen molar-refractivity contribution in [3.63, 3.8) is 0 Å². The Morgan fingerprint density at radius 3 is 2.50 bits per heavy atom. The number of sulfone groups is 1. The number of rotatable bonds is 6. The number of nitrogens with zero attached hydrogens (tertiary/aromatic N) is 1. The van der Waals surface area contributed by atoms with E-state index in [1.54, 1.807) is 49.6 Å². The second-order valence-corrected chi connectivity index (χ2v) is 10.5. The SMILES string of the molecule is COCCN1C[C@@H](NC(=O)Nc2cccc3c2-c2ccccc2S3(=O)=O)[C@H](c2ccccc2)C1. The number of likely N-dealkylation sites (tertiary alicyclic amines) is 1. The summed E-state index contributed by atoms with van der Waals surface area (Å²) in [5, 5.41) is 6.06. The highest BCUT2D eigenvalue weighted by Gasteiger charge is 2.36. The zero-order chi connectivity index (χ0) is 23.7. The monoisotopic (exact) mass is 477 g/mol. The van der Waals surface area contributed by atoms with Gasteiger partial charge in [0.05, 0.1) is 28.1 Å². The first kappa shape index (κ1) is 22.6. The van der Waals surface area contributed by atoms with Gasteiger partial charge in [-0.3, -0.25) is 4.90 Å². The van der Waals surface area contributed by atoms with Gasteiger partial charge in [0.1, 0.15) is 0 Å². The van der Waals surface area contributed by atoms with Crippen molar-refractivity contribution < 1.29 is 17.9 Å². The summed E-state index contributed by atoms with van der Waals surface area (Å²) in [5.41, 5.74) is 2.81. The molecule has 176 valence electrons. The molecule has 0 bridgehead atoms. The zero-order valence-corrected chi connectivity index (χ0v) is 19.7.